The molecule has 3 heterocycles. The lowest BCUT2D eigenvalue weighted by Gasteiger charge is -2.10. The standard InChI is InChI=1S/C23H23N5O5S/c1-3-4-10-16-25-20(34(2)33)19(22(31)32)28(16)13-15-11-12-27-18(21(29)30)17(26-23(27)24-15)14-8-6-5-7-9-14/h5-9,11-12H,3-4,10,13H2,1-2H3,(H,29,30)(H,31,32). The van der Waals surface area contributed by atoms with Crippen LogP contribution < -0.4 is 0 Å². The number of hydrogen-bond donors (Lipinski definition) is 2. The van der Waals surface area contributed by atoms with E-state index in [1.165, 1.54) is 15.2 Å². The highest BCUT2D eigenvalue weighted by atomic mass is 32.2. The molecule has 0 aliphatic heterocycles. The van der Waals surface area contributed by atoms with Crippen LogP contribution in [-0.2, 0) is 23.8 Å². The lowest BCUT2D eigenvalue weighted by atomic mass is 10.1. The van der Waals surface area contributed by atoms with E-state index in [4.69, 9.17) is 0 Å². The first kappa shape index (κ1) is 23.3. The van der Waals surface area contributed by atoms with Gasteiger partial charge in [-0.3, -0.25) is 8.61 Å². The number of aromatic carboxylic acids is 2. The van der Waals surface area contributed by atoms with Crippen LogP contribution in [0.4, 0.5) is 0 Å². The molecule has 0 amide bonds. The van der Waals surface area contributed by atoms with E-state index in [1.54, 1.807) is 36.5 Å². The Morgan fingerprint density at radius 1 is 1.00 bits per heavy atom. The summed E-state index contributed by atoms with van der Waals surface area (Å²) in [5.74, 6) is -1.66. The number of fused-ring (bicyclic) bond motifs is 1. The first-order chi connectivity index (χ1) is 16.3. The van der Waals surface area contributed by atoms with Crippen molar-refractivity contribution in [2.75, 3.05) is 6.26 Å². The number of carboxylic acid groups (broad SMARTS) is 2. The van der Waals surface area contributed by atoms with Gasteiger partial charge in [0.1, 0.15) is 11.5 Å². The van der Waals surface area contributed by atoms with Crippen molar-refractivity contribution in [3.8, 4) is 11.3 Å². The molecule has 4 rings (SSSR count). The lowest BCUT2D eigenvalue weighted by molar-refractivity contribution is 0.0673. The Kier molecular flexibility index (Phi) is 6.55. The van der Waals surface area contributed by atoms with Gasteiger partial charge >= 0.3 is 11.9 Å². The van der Waals surface area contributed by atoms with Gasteiger partial charge in [0, 0.05) is 24.4 Å². The third-order valence-electron chi connectivity index (χ3n) is 5.37. The topological polar surface area (TPSA) is 140 Å². The molecule has 0 spiro atoms. The number of rotatable bonds is 9. The SMILES string of the molecule is CCCCc1nc(S(C)=O)c(C(=O)O)n1Cc1ccn2c(C(=O)O)c(-c3ccccc3)nc2n1. The van der Waals surface area contributed by atoms with Crippen LogP contribution in [0.25, 0.3) is 17.0 Å². The largest absolute Gasteiger partial charge is 0.476 e. The van der Waals surface area contributed by atoms with Gasteiger partial charge in [0.05, 0.1) is 23.0 Å². The molecule has 11 heteroatoms. The van der Waals surface area contributed by atoms with Crippen molar-refractivity contribution in [1.82, 2.24) is 23.9 Å². The van der Waals surface area contributed by atoms with E-state index in [0.717, 1.165) is 12.8 Å². The molecular formula is C23H23N5O5S. The Bertz CT molecular complexity index is 1410. The van der Waals surface area contributed by atoms with Crippen LogP contribution in [0.5, 0.6) is 0 Å². The summed E-state index contributed by atoms with van der Waals surface area (Å²) >= 11 is 0. The van der Waals surface area contributed by atoms with Gasteiger partial charge in [0.15, 0.2) is 16.4 Å². The predicted molar refractivity (Wildman–Crippen MR) is 125 cm³/mol. The maximum atomic E-state index is 12.2. The van der Waals surface area contributed by atoms with Crippen LogP contribution in [0.1, 0.15) is 52.3 Å². The summed E-state index contributed by atoms with van der Waals surface area (Å²) in [6.07, 6.45) is 5.17. The van der Waals surface area contributed by atoms with Crippen molar-refractivity contribution in [2.24, 2.45) is 0 Å². The van der Waals surface area contributed by atoms with E-state index >= 15 is 0 Å². The molecule has 176 valence electrons. The maximum absolute atomic E-state index is 12.2. The van der Waals surface area contributed by atoms with Crippen molar-refractivity contribution in [1.29, 1.82) is 0 Å². The molecule has 10 nitrogen and oxygen atoms in total. The number of carbonyl (C=O) groups is 2. The van der Waals surface area contributed by atoms with Gasteiger partial charge in [-0.2, -0.15) is 0 Å². The highest BCUT2D eigenvalue weighted by Crippen LogP contribution is 2.25. The molecule has 0 aliphatic rings. The number of imidazole rings is 2. The van der Waals surface area contributed by atoms with Gasteiger partial charge in [-0.05, 0) is 12.5 Å². The predicted octanol–water partition coefficient (Wildman–Crippen LogP) is 3.12. The van der Waals surface area contributed by atoms with Gasteiger partial charge in [0.2, 0.25) is 5.78 Å². The molecule has 2 N–H and O–H groups in total. The number of hydrogen-bond acceptors (Lipinski definition) is 6. The van der Waals surface area contributed by atoms with E-state index < -0.39 is 22.7 Å². The number of aromatic nitrogens is 5. The average Bonchev–Trinajstić information content (AvgIpc) is 3.37. The van der Waals surface area contributed by atoms with Crippen molar-refractivity contribution in [3.05, 3.63) is 65.5 Å². The number of aryl methyl sites for hydroxylation is 1. The molecule has 0 bridgehead atoms. The Morgan fingerprint density at radius 2 is 1.71 bits per heavy atom. The van der Waals surface area contributed by atoms with Crippen LogP contribution in [-0.4, -0.2) is 56.5 Å². The van der Waals surface area contributed by atoms with Gasteiger partial charge < -0.3 is 14.8 Å². The second kappa shape index (κ2) is 9.56. The number of nitrogens with zero attached hydrogens (tertiary/aromatic N) is 5. The Balaban J connectivity index is 1.82. The first-order valence-corrected chi connectivity index (χ1v) is 12.2. The van der Waals surface area contributed by atoms with Crippen LogP contribution >= 0.6 is 0 Å². The van der Waals surface area contributed by atoms with Crippen molar-refractivity contribution in [2.45, 2.75) is 37.8 Å². The fraction of sp³-hybridized carbons (Fsp3) is 0.261. The molecule has 3 aromatic heterocycles. The number of unbranched alkanes of at least 4 members (excludes halogenated alkanes) is 1. The van der Waals surface area contributed by atoms with Gasteiger partial charge in [-0.15, -0.1) is 0 Å². The fourth-order valence-electron chi connectivity index (χ4n) is 3.80. The summed E-state index contributed by atoms with van der Waals surface area (Å²) in [7, 11) is -1.58. The van der Waals surface area contributed by atoms with E-state index in [-0.39, 0.29) is 28.7 Å². The molecule has 4 aromatic rings. The summed E-state index contributed by atoms with van der Waals surface area (Å²) in [5.41, 5.74) is 1.26. The van der Waals surface area contributed by atoms with Crippen molar-refractivity contribution in [3.63, 3.8) is 0 Å². The Labute approximate surface area is 197 Å². The zero-order valence-electron chi connectivity index (χ0n) is 18.6. The lowest BCUT2D eigenvalue weighted by Crippen LogP contribution is -2.15. The summed E-state index contributed by atoms with van der Waals surface area (Å²) in [5, 5.41) is 19.6. The molecule has 0 fully saturated rings. The third kappa shape index (κ3) is 4.34. The second-order valence-electron chi connectivity index (χ2n) is 7.70. The van der Waals surface area contributed by atoms with Crippen molar-refractivity contribution < 1.29 is 24.0 Å². The quantitative estimate of drug-likeness (QED) is 0.372. The molecule has 0 aliphatic carbocycles. The van der Waals surface area contributed by atoms with Gasteiger partial charge in [-0.1, -0.05) is 43.7 Å². The zero-order chi connectivity index (χ0) is 24.4. The van der Waals surface area contributed by atoms with Crippen LogP contribution in [0.2, 0.25) is 0 Å². The molecule has 34 heavy (non-hydrogen) atoms. The highest BCUT2D eigenvalue weighted by Gasteiger charge is 2.26. The van der Waals surface area contributed by atoms with Crippen LogP contribution in [0, 0.1) is 0 Å². The molecule has 1 atom stereocenters. The number of carboxylic acids is 2. The molecular weight excluding hydrogens is 458 g/mol. The minimum atomic E-state index is -1.58. The molecule has 0 saturated carbocycles. The van der Waals surface area contributed by atoms with E-state index in [1.807, 2.05) is 13.0 Å². The first-order valence-electron chi connectivity index (χ1n) is 10.6. The Hall–Kier alpha value is -3.86. The van der Waals surface area contributed by atoms with Gasteiger partial charge in [0.25, 0.3) is 0 Å². The summed E-state index contributed by atoms with van der Waals surface area (Å²) in [6.45, 7) is 2.08. The Morgan fingerprint density at radius 3 is 2.32 bits per heavy atom. The average molecular weight is 482 g/mol. The fourth-order valence-corrected chi connectivity index (χ4v) is 4.50. The molecule has 1 unspecified atom stereocenters. The monoisotopic (exact) mass is 481 g/mol. The normalized spacial score (nSPS) is 12.2. The van der Waals surface area contributed by atoms with E-state index in [0.29, 0.717) is 29.2 Å². The summed E-state index contributed by atoms with van der Waals surface area (Å²) < 4.78 is 15.1. The summed E-state index contributed by atoms with van der Waals surface area (Å²) in [6, 6.07) is 10.6. The summed E-state index contributed by atoms with van der Waals surface area (Å²) in [4.78, 5) is 37.3. The van der Waals surface area contributed by atoms with Crippen LogP contribution in [0.3, 0.4) is 0 Å². The maximum Gasteiger partial charge on any atom is 0.355 e. The number of benzene rings is 1. The highest BCUT2D eigenvalue weighted by molar-refractivity contribution is 7.84. The zero-order valence-corrected chi connectivity index (χ0v) is 19.4. The van der Waals surface area contributed by atoms with E-state index in [9.17, 15) is 24.0 Å². The second-order valence-corrected chi connectivity index (χ2v) is 8.99. The van der Waals surface area contributed by atoms with Crippen molar-refractivity contribution >= 4 is 28.5 Å². The van der Waals surface area contributed by atoms with E-state index in [2.05, 4.69) is 15.0 Å². The molecule has 0 saturated heterocycles. The smallest absolute Gasteiger partial charge is 0.355 e. The third-order valence-corrected chi connectivity index (χ3v) is 6.19. The van der Waals surface area contributed by atoms with Gasteiger partial charge in [-0.25, -0.2) is 24.5 Å². The molecule has 0 radical (unpaired) electrons. The minimum Gasteiger partial charge on any atom is -0.476 e. The molecule has 1 aromatic carbocycles. The van der Waals surface area contributed by atoms with Crippen LogP contribution in [0.15, 0.2) is 47.6 Å². The minimum absolute atomic E-state index is 0.0126.